The molecule has 8 heteroatoms. The first-order valence-corrected chi connectivity index (χ1v) is 8.22. The number of hydrogen-bond donors (Lipinski definition) is 1. The van der Waals surface area contributed by atoms with Gasteiger partial charge in [-0.05, 0) is 43.2 Å². The summed E-state index contributed by atoms with van der Waals surface area (Å²) >= 11 is 5.95. The van der Waals surface area contributed by atoms with E-state index in [-0.39, 0.29) is 10.9 Å². The molecule has 1 aliphatic carbocycles. The first kappa shape index (κ1) is 15.8. The number of nitrogens with zero attached hydrogens (tertiary/aromatic N) is 3. The van der Waals surface area contributed by atoms with Crippen molar-refractivity contribution in [3.05, 3.63) is 64.8 Å². The molecule has 0 atom stereocenters. The van der Waals surface area contributed by atoms with Gasteiger partial charge in [0, 0.05) is 12.1 Å². The third-order valence-corrected chi connectivity index (χ3v) is 4.28. The molecule has 1 saturated carbocycles. The molecule has 1 aliphatic rings. The highest BCUT2D eigenvalue weighted by Crippen LogP contribution is 2.38. The highest BCUT2D eigenvalue weighted by molar-refractivity contribution is 6.33. The normalized spacial score (nSPS) is 13.8. The molecule has 128 valence electrons. The summed E-state index contributed by atoms with van der Waals surface area (Å²) in [5, 5.41) is 6.77. The van der Waals surface area contributed by atoms with Crippen LogP contribution in [-0.4, -0.2) is 20.6 Å². The second-order valence-corrected chi connectivity index (χ2v) is 6.33. The molecular weight excluding hydrogens is 347 g/mol. The van der Waals surface area contributed by atoms with Gasteiger partial charge in [-0.25, -0.2) is 4.39 Å². The molecule has 1 fully saturated rings. The van der Waals surface area contributed by atoms with Crippen molar-refractivity contribution >= 4 is 23.2 Å². The summed E-state index contributed by atoms with van der Waals surface area (Å²) in [5.74, 6) is 0.742. The molecule has 25 heavy (non-hydrogen) atoms. The molecule has 0 saturated heterocycles. The zero-order valence-corrected chi connectivity index (χ0v) is 13.8. The predicted octanol–water partition coefficient (Wildman–Crippen LogP) is 3.84. The molecule has 4 rings (SSSR count). The Bertz CT molecular complexity index is 932. The van der Waals surface area contributed by atoms with Gasteiger partial charge in [0.15, 0.2) is 5.82 Å². The molecule has 0 spiro atoms. The Balaban J connectivity index is 1.50. The quantitative estimate of drug-likeness (QED) is 0.750. The lowest BCUT2D eigenvalue weighted by Crippen LogP contribution is -2.17. The largest absolute Gasteiger partial charge is 0.339 e. The topological polar surface area (TPSA) is 73.0 Å². The van der Waals surface area contributed by atoms with E-state index in [0.717, 1.165) is 18.9 Å². The van der Waals surface area contributed by atoms with Crippen molar-refractivity contribution in [1.29, 1.82) is 0 Å². The fourth-order valence-electron chi connectivity index (χ4n) is 2.52. The molecule has 1 aromatic carbocycles. The van der Waals surface area contributed by atoms with Crippen LogP contribution < -0.4 is 5.32 Å². The van der Waals surface area contributed by atoms with Crippen LogP contribution >= 0.6 is 11.6 Å². The average Bonchev–Trinajstić information content (AvgIpc) is 3.15. The summed E-state index contributed by atoms with van der Waals surface area (Å²) in [6.45, 7) is 0.323. The first-order valence-electron chi connectivity index (χ1n) is 7.84. The van der Waals surface area contributed by atoms with Gasteiger partial charge in [-0.1, -0.05) is 16.8 Å². The number of aromatic nitrogens is 3. The summed E-state index contributed by atoms with van der Waals surface area (Å²) in [6.07, 6.45) is 3.92. The Morgan fingerprint density at radius 3 is 3.00 bits per heavy atom. The van der Waals surface area contributed by atoms with E-state index in [1.54, 1.807) is 22.9 Å². The minimum Gasteiger partial charge on any atom is -0.339 e. The number of halogens is 2. The van der Waals surface area contributed by atoms with Crippen LogP contribution in [-0.2, 0) is 6.54 Å². The molecule has 6 nitrogen and oxygen atoms in total. The lowest BCUT2D eigenvalue weighted by Gasteiger charge is -2.09. The minimum absolute atomic E-state index is 0.138. The standard InChI is InChI=1S/C17H14ClFN4O2/c18-12-8-11(19)5-6-13(12)20-16(24)14-2-1-7-23(14)9-15-21-17(25-22-15)10-3-4-10/h1-2,5-8,10H,3-4,9H2,(H,20,24). The number of rotatable bonds is 5. The highest BCUT2D eigenvalue weighted by Gasteiger charge is 2.29. The van der Waals surface area contributed by atoms with E-state index in [1.807, 2.05) is 0 Å². The predicted molar refractivity (Wildman–Crippen MR) is 89.2 cm³/mol. The van der Waals surface area contributed by atoms with Gasteiger partial charge < -0.3 is 14.4 Å². The molecule has 0 unspecified atom stereocenters. The SMILES string of the molecule is O=C(Nc1ccc(F)cc1Cl)c1cccn1Cc1noc(C2CC2)n1. The van der Waals surface area contributed by atoms with Crippen molar-refractivity contribution in [3.63, 3.8) is 0 Å². The Morgan fingerprint density at radius 1 is 1.40 bits per heavy atom. The summed E-state index contributed by atoms with van der Waals surface area (Å²) in [7, 11) is 0. The monoisotopic (exact) mass is 360 g/mol. The maximum atomic E-state index is 13.1. The fraction of sp³-hybridized carbons (Fsp3) is 0.235. The van der Waals surface area contributed by atoms with Crippen LogP contribution in [0, 0.1) is 5.82 Å². The van der Waals surface area contributed by atoms with Crippen LogP contribution in [0.15, 0.2) is 41.1 Å². The molecular formula is C17H14ClFN4O2. The second kappa shape index (κ2) is 6.33. The highest BCUT2D eigenvalue weighted by atomic mass is 35.5. The number of hydrogen-bond acceptors (Lipinski definition) is 4. The first-order chi connectivity index (χ1) is 12.1. The maximum Gasteiger partial charge on any atom is 0.272 e. The Hall–Kier alpha value is -2.67. The minimum atomic E-state index is -0.463. The summed E-state index contributed by atoms with van der Waals surface area (Å²) in [4.78, 5) is 16.9. The van der Waals surface area contributed by atoms with Crippen molar-refractivity contribution in [2.75, 3.05) is 5.32 Å². The maximum absolute atomic E-state index is 13.1. The molecule has 0 radical (unpaired) electrons. The lowest BCUT2D eigenvalue weighted by molar-refractivity contribution is 0.101. The van der Waals surface area contributed by atoms with Crippen LogP contribution in [0.25, 0.3) is 0 Å². The van der Waals surface area contributed by atoms with Gasteiger partial charge >= 0.3 is 0 Å². The summed E-state index contributed by atoms with van der Waals surface area (Å²) in [6, 6.07) is 7.23. The number of amides is 1. The van der Waals surface area contributed by atoms with E-state index in [9.17, 15) is 9.18 Å². The van der Waals surface area contributed by atoms with E-state index >= 15 is 0 Å². The van der Waals surface area contributed by atoms with Gasteiger partial charge in [-0.3, -0.25) is 4.79 Å². The molecule has 1 amide bonds. The number of carbonyl (C=O) groups excluding carboxylic acids is 1. The van der Waals surface area contributed by atoms with Crippen LogP contribution in [0.2, 0.25) is 5.02 Å². The summed E-state index contributed by atoms with van der Waals surface area (Å²) < 4.78 is 20.1. The van der Waals surface area contributed by atoms with Crippen LogP contribution in [0.5, 0.6) is 0 Å². The van der Waals surface area contributed by atoms with Crippen molar-refractivity contribution < 1.29 is 13.7 Å². The number of nitrogens with one attached hydrogen (secondary N) is 1. The smallest absolute Gasteiger partial charge is 0.272 e. The molecule has 1 N–H and O–H groups in total. The average molecular weight is 361 g/mol. The van der Waals surface area contributed by atoms with E-state index in [1.165, 1.54) is 12.1 Å². The van der Waals surface area contributed by atoms with Crippen LogP contribution in [0.4, 0.5) is 10.1 Å². The van der Waals surface area contributed by atoms with Gasteiger partial charge in [0.05, 0.1) is 17.3 Å². The Morgan fingerprint density at radius 2 is 2.24 bits per heavy atom. The van der Waals surface area contributed by atoms with E-state index in [0.29, 0.717) is 35.6 Å². The number of benzene rings is 1. The van der Waals surface area contributed by atoms with Crippen molar-refractivity contribution in [3.8, 4) is 0 Å². The third kappa shape index (κ3) is 3.41. The van der Waals surface area contributed by atoms with E-state index < -0.39 is 5.82 Å². The lowest BCUT2D eigenvalue weighted by atomic mass is 10.3. The summed E-state index contributed by atoms with van der Waals surface area (Å²) in [5.41, 5.74) is 0.759. The third-order valence-electron chi connectivity index (χ3n) is 3.96. The van der Waals surface area contributed by atoms with Crippen molar-refractivity contribution in [1.82, 2.24) is 14.7 Å². The van der Waals surface area contributed by atoms with Gasteiger partial charge in [0.25, 0.3) is 5.91 Å². The Labute approximate surface area is 147 Å². The van der Waals surface area contributed by atoms with E-state index in [2.05, 4.69) is 15.5 Å². The zero-order chi connectivity index (χ0) is 17.4. The zero-order valence-electron chi connectivity index (χ0n) is 13.1. The van der Waals surface area contributed by atoms with Crippen LogP contribution in [0.1, 0.15) is 41.0 Å². The molecule has 0 aliphatic heterocycles. The molecule has 2 aromatic heterocycles. The van der Waals surface area contributed by atoms with Gasteiger partial charge in [0.1, 0.15) is 11.5 Å². The number of anilines is 1. The van der Waals surface area contributed by atoms with Crippen molar-refractivity contribution in [2.24, 2.45) is 0 Å². The Kier molecular flexibility index (Phi) is 4.01. The second-order valence-electron chi connectivity index (χ2n) is 5.92. The molecule has 0 bridgehead atoms. The van der Waals surface area contributed by atoms with Gasteiger partial charge in [-0.2, -0.15) is 4.98 Å². The molecule has 3 aromatic rings. The van der Waals surface area contributed by atoms with Crippen LogP contribution in [0.3, 0.4) is 0 Å². The number of carbonyl (C=O) groups is 1. The van der Waals surface area contributed by atoms with Gasteiger partial charge in [-0.15, -0.1) is 0 Å². The van der Waals surface area contributed by atoms with E-state index in [4.69, 9.17) is 16.1 Å². The fourth-order valence-corrected chi connectivity index (χ4v) is 2.73. The van der Waals surface area contributed by atoms with Crippen molar-refractivity contribution in [2.45, 2.75) is 25.3 Å². The van der Waals surface area contributed by atoms with Gasteiger partial charge in [0.2, 0.25) is 5.89 Å². The molecule has 2 heterocycles.